The molecule has 168 valence electrons. The van der Waals surface area contributed by atoms with Gasteiger partial charge in [0.1, 0.15) is 5.00 Å². The highest BCUT2D eigenvalue weighted by Crippen LogP contribution is 2.42. The van der Waals surface area contributed by atoms with Gasteiger partial charge < -0.3 is 24.3 Å². The molecule has 0 fully saturated rings. The van der Waals surface area contributed by atoms with Crippen molar-refractivity contribution in [2.45, 2.75) is 39.5 Å². The van der Waals surface area contributed by atoms with Gasteiger partial charge in [0.2, 0.25) is 5.75 Å². The number of amides is 1. The molecule has 1 aromatic heterocycles. The summed E-state index contributed by atoms with van der Waals surface area (Å²) in [5, 5.41) is 3.45. The average molecular weight is 448 g/mol. The number of carbonyl (C=O) groups excluding carboxylic acids is 2. The molecule has 0 spiro atoms. The second kappa shape index (κ2) is 10.0. The zero-order valence-corrected chi connectivity index (χ0v) is 19.4. The van der Waals surface area contributed by atoms with Crippen LogP contribution < -0.4 is 19.5 Å². The molecule has 1 atom stereocenters. The number of ether oxygens (including phenoxy) is 4. The summed E-state index contributed by atoms with van der Waals surface area (Å²) in [6.07, 6.45) is 3.87. The zero-order valence-electron chi connectivity index (χ0n) is 18.6. The molecule has 31 heavy (non-hydrogen) atoms. The molecule has 7 nitrogen and oxygen atoms in total. The van der Waals surface area contributed by atoms with Crippen LogP contribution in [0.1, 0.15) is 57.8 Å². The van der Waals surface area contributed by atoms with E-state index in [1.165, 1.54) is 32.7 Å². The fourth-order valence-electron chi connectivity index (χ4n) is 3.90. The molecule has 1 aromatic carbocycles. The standard InChI is InChI=1S/C23H29NO6S/c1-6-13-8-9-15-18(10-13)31-22(19(15)23(26)30-7-2)24-21(25)14-11-16(27-3)20(29-5)17(12-14)28-4/h11-13H,6-10H2,1-5H3,(H,24,25)/t13-/m1/s1. The Balaban J connectivity index is 1.98. The summed E-state index contributed by atoms with van der Waals surface area (Å²) in [4.78, 5) is 27.0. The second-order valence-electron chi connectivity index (χ2n) is 7.31. The van der Waals surface area contributed by atoms with Crippen LogP contribution in [0.5, 0.6) is 17.2 Å². The van der Waals surface area contributed by atoms with E-state index in [1.807, 2.05) is 0 Å². The van der Waals surface area contributed by atoms with Gasteiger partial charge in [-0.3, -0.25) is 4.79 Å². The predicted octanol–water partition coefficient (Wildman–Crippen LogP) is 4.72. The van der Waals surface area contributed by atoms with Gasteiger partial charge in [0, 0.05) is 10.4 Å². The Kier molecular flexibility index (Phi) is 7.43. The Hall–Kier alpha value is -2.74. The molecule has 8 heteroatoms. The molecule has 1 heterocycles. The summed E-state index contributed by atoms with van der Waals surface area (Å²) in [6.45, 7) is 4.24. The highest BCUT2D eigenvalue weighted by atomic mass is 32.1. The number of rotatable bonds is 8. The van der Waals surface area contributed by atoms with Gasteiger partial charge >= 0.3 is 5.97 Å². The van der Waals surface area contributed by atoms with Gasteiger partial charge in [-0.25, -0.2) is 4.79 Å². The smallest absolute Gasteiger partial charge is 0.341 e. The van der Waals surface area contributed by atoms with E-state index >= 15 is 0 Å². The molecule has 1 N–H and O–H groups in total. The highest BCUT2D eigenvalue weighted by Gasteiger charge is 2.30. The molecule has 0 unspecified atom stereocenters. The fraction of sp³-hybridized carbons (Fsp3) is 0.478. The number of hydrogen-bond acceptors (Lipinski definition) is 7. The van der Waals surface area contributed by atoms with E-state index in [1.54, 1.807) is 19.1 Å². The molecule has 2 aromatic rings. The molecular formula is C23H29NO6S. The van der Waals surface area contributed by atoms with Crippen LogP contribution in [-0.4, -0.2) is 39.8 Å². The number of methoxy groups -OCH3 is 3. The van der Waals surface area contributed by atoms with Crippen LogP contribution in [0, 0.1) is 5.92 Å². The number of fused-ring (bicyclic) bond motifs is 1. The van der Waals surface area contributed by atoms with Crippen LogP contribution in [0.4, 0.5) is 5.00 Å². The van der Waals surface area contributed by atoms with Gasteiger partial charge in [0.25, 0.3) is 5.91 Å². The molecular weight excluding hydrogens is 418 g/mol. The van der Waals surface area contributed by atoms with Crippen LogP contribution in [0.2, 0.25) is 0 Å². The van der Waals surface area contributed by atoms with Crippen LogP contribution >= 0.6 is 11.3 Å². The first kappa shape index (κ1) is 22.9. The molecule has 0 aliphatic heterocycles. The molecule has 0 saturated carbocycles. The van der Waals surface area contributed by atoms with Gasteiger partial charge in [-0.2, -0.15) is 0 Å². The summed E-state index contributed by atoms with van der Waals surface area (Å²) in [7, 11) is 4.50. The Labute approximate surface area is 186 Å². The molecule has 1 aliphatic rings. The second-order valence-corrected chi connectivity index (χ2v) is 8.42. The van der Waals surface area contributed by atoms with E-state index in [4.69, 9.17) is 18.9 Å². The van der Waals surface area contributed by atoms with E-state index in [0.717, 1.165) is 36.1 Å². The third kappa shape index (κ3) is 4.63. The van der Waals surface area contributed by atoms with Gasteiger partial charge in [0.15, 0.2) is 11.5 Å². The molecule has 1 amide bonds. The summed E-state index contributed by atoms with van der Waals surface area (Å²) >= 11 is 1.47. The van der Waals surface area contributed by atoms with Crippen molar-refractivity contribution in [3.8, 4) is 17.2 Å². The van der Waals surface area contributed by atoms with Crippen molar-refractivity contribution in [1.82, 2.24) is 0 Å². The predicted molar refractivity (Wildman–Crippen MR) is 120 cm³/mol. The van der Waals surface area contributed by atoms with Crippen LogP contribution in [0.25, 0.3) is 0 Å². The number of thiophene rings is 1. The third-order valence-electron chi connectivity index (χ3n) is 5.58. The SMILES string of the molecule is CCOC(=O)c1c(NC(=O)c2cc(OC)c(OC)c(OC)c2)sc2c1CC[C@@H](CC)C2. The van der Waals surface area contributed by atoms with Crippen molar-refractivity contribution in [3.05, 3.63) is 33.7 Å². The normalized spacial score (nSPS) is 15.1. The third-order valence-corrected chi connectivity index (χ3v) is 6.75. The van der Waals surface area contributed by atoms with Gasteiger partial charge in [-0.1, -0.05) is 13.3 Å². The van der Waals surface area contributed by atoms with Crippen molar-refractivity contribution < 1.29 is 28.5 Å². The maximum atomic E-state index is 13.1. The number of nitrogens with one attached hydrogen (secondary N) is 1. The summed E-state index contributed by atoms with van der Waals surface area (Å²) in [5.74, 6) is 1.01. The number of hydrogen-bond donors (Lipinski definition) is 1. The zero-order chi connectivity index (χ0) is 22.5. The number of benzene rings is 1. The molecule has 1 aliphatic carbocycles. The first-order valence-corrected chi connectivity index (χ1v) is 11.2. The minimum Gasteiger partial charge on any atom is -0.493 e. The lowest BCUT2D eigenvalue weighted by molar-refractivity contribution is 0.0526. The topological polar surface area (TPSA) is 83.1 Å². The lowest BCUT2D eigenvalue weighted by atomic mass is 9.85. The molecule has 0 radical (unpaired) electrons. The van der Waals surface area contributed by atoms with E-state index in [0.29, 0.717) is 39.3 Å². The van der Waals surface area contributed by atoms with Crippen molar-refractivity contribution >= 4 is 28.2 Å². The van der Waals surface area contributed by atoms with Crippen molar-refractivity contribution in [3.63, 3.8) is 0 Å². The van der Waals surface area contributed by atoms with Gasteiger partial charge in [-0.15, -0.1) is 11.3 Å². The van der Waals surface area contributed by atoms with E-state index < -0.39 is 5.97 Å². The lowest BCUT2D eigenvalue weighted by Crippen LogP contribution is -2.17. The van der Waals surface area contributed by atoms with Gasteiger partial charge in [-0.05, 0) is 49.8 Å². The monoisotopic (exact) mass is 447 g/mol. The quantitative estimate of drug-likeness (QED) is 0.590. The maximum absolute atomic E-state index is 13.1. The first-order valence-electron chi connectivity index (χ1n) is 10.4. The minimum atomic E-state index is -0.393. The molecule has 3 rings (SSSR count). The lowest BCUT2D eigenvalue weighted by Gasteiger charge is -2.20. The highest BCUT2D eigenvalue weighted by molar-refractivity contribution is 7.17. The number of carbonyl (C=O) groups is 2. The summed E-state index contributed by atoms with van der Waals surface area (Å²) in [5.41, 5.74) is 1.83. The summed E-state index contributed by atoms with van der Waals surface area (Å²) in [6, 6.07) is 3.17. The van der Waals surface area contributed by atoms with Crippen molar-refractivity contribution in [2.75, 3.05) is 33.3 Å². The number of anilines is 1. The van der Waals surface area contributed by atoms with Gasteiger partial charge in [0.05, 0.1) is 33.5 Å². The first-order chi connectivity index (χ1) is 15.0. The maximum Gasteiger partial charge on any atom is 0.341 e. The minimum absolute atomic E-state index is 0.279. The summed E-state index contributed by atoms with van der Waals surface area (Å²) < 4.78 is 21.3. The van der Waals surface area contributed by atoms with Crippen LogP contribution in [-0.2, 0) is 17.6 Å². The van der Waals surface area contributed by atoms with E-state index in [-0.39, 0.29) is 12.5 Å². The van der Waals surface area contributed by atoms with Crippen LogP contribution in [0.15, 0.2) is 12.1 Å². The largest absolute Gasteiger partial charge is 0.493 e. The van der Waals surface area contributed by atoms with E-state index in [9.17, 15) is 9.59 Å². The van der Waals surface area contributed by atoms with Crippen LogP contribution in [0.3, 0.4) is 0 Å². The van der Waals surface area contributed by atoms with E-state index in [2.05, 4.69) is 12.2 Å². The Morgan fingerprint density at radius 3 is 2.32 bits per heavy atom. The van der Waals surface area contributed by atoms with Crippen molar-refractivity contribution in [1.29, 1.82) is 0 Å². The Bertz CT molecular complexity index is 942. The Morgan fingerprint density at radius 2 is 1.77 bits per heavy atom. The fourth-order valence-corrected chi connectivity index (χ4v) is 5.24. The molecule has 0 bridgehead atoms. The number of esters is 1. The average Bonchev–Trinajstić information content (AvgIpc) is 3.14. The Morgan fingerprint density at radius 1 is 1.10 bits per heavy atom. The molecule has 0 saturated heterocycles. The van der Waals surface area contributed by atoms with Crippen molar-refractivity contribution in [2.24, 2.45) is 5.92 Å².